The highest BCUT2D eigenvalue weighted by molar-refractivity contribution is 6.40. The lowest BCUT2D eigenvalue weighted by Gasteiger charge is -2.05. The molecule has 0 saturated heterocycles. The number of nitrogens with zero attached hydrogens (tertiary/aromatic N) is 3. The molecule has 0 spiro atoms. The number of aliphatic imine (C=N–C) groups is 2. The first-order valence-corrected chi connectivity index (χ1v) is 6.78. The summed E-state index contributed by atoms with van der Waals surface area (Å²) in [5, 5.41) is 3.15. The normalized spacial score (nSPS) is 13.3. The van der Waals surface area contributed by atoms with Crippen LogP contribution >= 0.6 is 0 Å². The Balaban J connectivity index is 2.82. The Morgan fingerprint density at radius 1 is 1.45 bits per heavy atom. The van der Waals surface area contributed by atoms with Crippen molar-refractivity contribution in [3.8, 4) is 0 Å². The summed E-state index contributed by atoms with van der Waals surface area (Å²) in [5.74, 6) is 0.771. The Hall–Kier alpha value is -2.23. The summed E-state index contributed by atoms with van der Waals surface area (Å²) in [7, 11) is 0. The molecule has 4 heteroatoms. The van der Waals surface area contributed by atoms with Crippen LogP contribution in [-0.4, -0.2) is 16.5 Å². The molecule has 1 aromatic rings. The van der Waals surface area contributed by atoms with Crippen LogP contribution < -0.4 is 5.32 Å². The summed E-state index contributed by atoms with van der Waals surface area (Å²) in [5.41, 5.74) is 1.93. The van der Waals surface area contributed by atoms with Crippen molar-refractivity contribution in [2.45, 2.75) is 33.7 Å². The maximum atomic E-state index is 4.56. The van der Waals surface area contributed by atoms with Crippen LogP contribution in [0.2, 0.25) is 0 Å². The highest BCUT2D eigenvalue weighted by Crippen LogP contribution is 1.99. The highest BCUT2D eigenvalue weighted by Gasteiger charge is 2.01. The molecule has 0 bridgehead atoms. The first-order valence-electron chi connectivity index (χ1n) is 6.78. The van der Waals surface area contributed by atoms with Gasteiger partial charge in [0.15, 0.2) is 0 Å². The van der Waals surface area contributed by atoms with Crippen molar-refractivity contribution in [1.29, 1.82) is 0 Å². The second kappa shape index (κ2) is 9.67. The van der Waals surface area contributed by atoms with E-state index in [2.05, 4.69) is 27.2 Å². The lowest BCUT2D eigenvalue weighted by molar-refractivity contribution is 1.03. The third kappa shape index (κ3) is 6.09. The standard InChI is InChI=1S/C16H22N4/c1-4-6-11-18-14(3)16(19-9-5-2)20-13-15-8-7-10-17-12-15/h5-12H,4,13H2,1-3H3,(H,19,20)/b9-5-,11-6-,18-14?. The molecule has 0 radical (unpaired) electrons. The van der Waals surface area contributed by atoms with Gasteiger partial charge < -0.3 is 5.32 Å². The highest BCUT2D eigenvalue weighted by atomic mass is 15.0. The predicted molar refractivity (Wildman–Crippen MR) is 85.9 cm³/mol. The van der Waals surface area contributed by atoms with E-state index in [0.29, 0.717) is 6.54 Å². The number of aromatic nitrogens is 1. The van der Waals surface area contributed by atoms with E-state index >= 15 is 0 Å². The van der Waals surface area contributed by atoms with Gasteiger partial charge in [0, 0.05) is 18.6 Å². The van der Waals surface area contributed by atoms with Crippen LogP contribution in [0.25, 0.3) is 0 Å². The number of rotatable bonds is 6. The molecule has 0 aromatic carbocycles. The van der Waals surface area contributed by atoms with Crippen molar-refractivity contribution in [3.63, 3.8) is 0 Å². The Morgan fingerprint density at radius 3 is 2.95 bits per heavy atom. The number of amidine groups is 1. The van der Waals surface area contributed by atoms with Crippen LogP contribution in [0.5, 0.6) is 0 Å². The molecule has 0 aliphatic carbocycles. The molecule has 1 aromatic heterocycles. The van der Waals surface area contributed by atoms with Gasteiger partial charge in [0.1, 0.15) is 5.84 Å². The van der Waals surface area contributed by atoms with Crippen LogP contribution in [-0.2, 0) is 6.54 Å². The van der Waals surface area contributed by atoms with E-state index in [1.807, 2.05) is 56.7 Å². The number of hydrogen-bond donors (Lipinski definition) is 1. The Kier molecular flexibility index (Phi) is 7.65. The van der Waals surface area contributed by atoms with Gasteiger partial charge in [0.2, 0.25) is 0 Å². The minimum Gasteiger partial charge on any atom is -0.346 e. The molecule has 1 N–H and O–H groups in total. The summed E-state index contributed by atoms with van der Waals surface area (Å²) < 4.78 is 0. The van der Waals surface area contributed by atoms with Crippen molar-refractivity contribution in [1.82, 2.24) is 10.3 Å². The third-order valence-electron chi connectivity index (χ3n) is 2.48. The summed E-state index contributed by atoms with van der Waals surface area (Å²) in [6, 6.07) is 3.92. The molecule has 20 heavy (non-hydrogen) atoms. The van der Waals surface area contributed by atoms with Crippen molar-refractivity contribution in [3.05, 3.63) is 54.6 Å². The molecule has 4 nitrogen and oxygen atoms in total. The number of pyridine rings is 1. The second-order valence-corrected chi connectivity index (χ2v) is 4.18. The molecule has 106 valence electrons. The molecular formula is C16H22N4. The maximum Gasteiger partial charge on any atom is 0.146 e. The van der Waals surface area contributed by atoms with Gasteiger partial charge >= 0.3 is 0 Å². The molecule has 1 rings (SSSR count). The molecule has 0 aliphatic heterocycles. The van der Waals surface area contributed by atoms with Crippen molar-refractivity contribution in [2.75, 3.05) is 0 Å². The lowest BCUT2D eigenvalue weighted by atomic mass is 10.3. The van der Waals surface area contributed by atoms with Crippen molar-refractivity contribution >= 4 is 11.5 Å². The molecule has 0 atom stereocenters. The summed E-state index contributed by atoms with van der Waals surface area (Å²) in [4.78, 5) is 13.0. The minimum atomic E-state index is 0.581. The second-order valence-electron chi connectivity index (χ2n) is 4.18. The fraction of sp³-hybridized carbons (Fsp3) is 0.312. The summed E-state index contributed by atoms with van der Waals surface area (Å²) >= 11 is 0. The van der Waals surface area contributed by atoms with E-state index in [-0.39, 0.29) is 0 Å². The zero-order valence-electron chi connectivity index (χ0n) is 12.4. The zero-order valence-corrected chi connectivity index (χ0v) is 12.4. The van der Waals surface area contributed by atoms with E-state index in [1.165, 1.54) is 0 Å². The first kappa shape index (κ1) is 15.8. The third-order valence-corrected chi connectivity index (χ3v) is 2.48. The molecule has 0 amide bonds. The summed E-state index contributed by atoms with van der Waals surface area (Å²) in [6.45, 7) is 6.56. The van der Waals surface area contributed by atoms with E-state index in [0.717, 1.165) is 23.5 Å². The lowest BCUT2D eigenvalue weighted by Crippen LogP contribution is -2.25. The fourth-order valence-corrected chi connectivity index (χ4v) is 1.42. The maximum absolute atomic E-state index is 4.56. The van der Waals surface area contributed by atoms with Gasteiger partial charge in [0.25, 0.3) is 0 Å². The van der Waals surface area contributed by atoms with E-state index < -0.39 is 0 Å². The van der Waals surface area contributed by atoms with Crippen LogP contribution in [0.1, 0.15) is 32.8 Å². The zero-order chi connectivity index (χ0) is 14.6. The Labute approximate surface area is 121 Å². The SMILES string of the molecule is C/C=C\NC(=NCc1cccnc1)C(C)=N/C=C\CC. The van der Waals surface area contributed by atoms with E-state index in [9.17, 15) is 0 Å². The van der Waals surface area contributed by atoms with Crippen LogP contribution in [0.15, 0.2) is 59.1 Å². The molecule has 0 fully saturated rings. The van der Waals surface area contributed by atoms with Gasteiger partial charge in [-0.05, 0) is 38.1 Å². The molecular weight excluding hydrogens is 248 g/mol. The number of hydrogen-bond acceptors (Lipinski definition) is 3. The summed E-state index contributed by atoms with van der Waals surface area (Å²) in [6.07, 6.45) is 12.2. The van der Waals surface area contributed by atoms with Gasteiger partial charge in [0.05, 0.1) is 12.3 Å². The van der Waals surface area contributed by atoms with Crippen LogP contribution in [0.4, 0.5) is 0 Å². The van der Waals surface area contributed by atoms with Crippen molar-refractivity contribution in [2.24, 2.45) is 9.98 Å². The van der Waals surface area contributed by atoms with Gasteiger partial charge in [-0.15, -0.1) is 0 Å². The number of allylic oxidation sites excluding steroid dienone is 2. The van der Waals surface area contributed by atoms with Gasteiger partial charge in [-0.2, -0.15) is 0 Å². The van der Waals surface area contributed by atoms with Gasteiger partial charge in [-0.3, -0.25) is 15.0 Å². The van der Waals surface area contributed by atoms with Crippen molar-refractivity contribution < 1.29 is 0 Å². The smallest absolute Gasteiger partial charge is 0.146 e. The first-order chi connectivity index (χ1) is 9.77. The van der Waals surface area contributed by atoms with E-state index in [4.69, 9.17) is 0 Å². The van der Waals surface area contributed by atoms with Gasteiger partial charge in [-0.25, -0.2) is 0 Å². The number of nitrogens with one attached hydrogen (secondary N) is 1. The monoisotopic (exact) mass is 270 g/mol. The Morgan fingerprint density at radius 2 is 2.30 bits per heavy atom. The molecule has 0 aliphatic rings. The largest absolute Gasteiger partial charge is 0.346 e. The predicted octanol–water partition coefficient (Wildman–Crippen LogP) is 3.49. The molecule has 0 saturated carbocycles. The molecule has 0 unspecified atom stereocenters. The average molecular weight is 270 g/mol. The topological polar surface area (TPSA) is 49.6 Å². The average Bonchev–Trinajstić information content (AvgIpc) is 2.48. The van der Waals surface area contributed by atoms with Crippen LogP contribution in [0.3, 0.4) is 0 Å². The van der Waals surface area contributed by atoms with Crippen LogP contribution in [0, 0.1) is 0 Å². The minimum absolute atomic E-state index is 0.581. The molecule has 1 heterocycles. The van der Waals surface area contributed by atoms with E-state index in [1.54, 1.807) is 6.20 Å². The Bertz CT molecular complexity index is 498. The quantitative estimate of drug-likeness (QED) is 0.635. The fourth-order valence-electron chi connectivity index (χ4n) is 1.42. The van der Waals surface area contributed by atoms with Gasteiger partial charge in [-0.1, -0.05) is 25.1 Å².